The number of rotatable bonds is 17. The van der Waals surface area contributed by atoms with Gasteiger partial charge in [-0.15, -0.1) is 0 Å². The minimum Gasteiger partial charge on any atom is -0.310 e. The third kappa shape index (κ3) is 12.5. The molecule has 4 heteroatoms. The molecule has 0 radical (unpaired) electrons. The number of anilines is 6. The summed E-state index contributed by atoms with van der Waals surface area (Å²) in [5.74, 6) is 0. The largest absolute Gasteiger partial charge is 0.310 e. The number of benzene rings is 22. The van der Waals surface area contributed by atoms with E-state index in [1.807, 2.05) is 0 Å². The van der Waals surface area contributed by atoms with Gasteiger partial charge in [-0.05, 0) is 278 Å². The van der Waals surface area contributed by atoms with Gasteiger partial charge in [0.05, 0.1) is 38.6 Å². The van der Waals surface area contributed by atoms with Gasteiger partial charge in [-0.2, -0.15) is 0 Å². The summed E-state index contributed by atoms with van der Waals surface area (Å²) in [6.45, 7) is 0. The van der Waals surface area contributed by atoms with Crippen molar-refractivity contribution in [1.82, 2.24) is 9.13 Å². The van der Waals surface area contributed by atoms with E-state index in [9.17, 15) is 0 Å². The first kappa shape index (κ1) is 77.7. The maximum absolute atomic E-state index is 2.51. The van der Waals surface area contributed by atoms with E-state index >= 15 is 0 Å². The molecule has 2 aromatic heterocycles. The van der Waals surface area contributed by atoms with Crippen molar-refractivity contribution in [2.45, 2.75) is 10.8 Å². The molecule has 22 aromatic carbocycles. The van der Waals surface area contributed by atoms with Gasteiger partial charge in [0.25, 0.3) is 0 Å². The van der Waals surface area contributed by atoms with Gasteiger partial charge in [0.1, 0.15) is 0 Å². The Bertz CT molecular complexity index is 8710. The standard InChI is InChI=1S/C130H86N4/c1-6-41-100(42-7-1)129(101-43-8-2-9-44-101)120-57-23-20-54-112(120)114-73-70-109(85-122(114)129)131(108-69-63-87-31-16-17-33-94(87)79-108)106-51-28-39-95(80-106)90-35-26-38-93(77-90)98-66-76-127-119(83-98)117-72-64-99(84-128(117)134(127)105-49-14-5-15-50-105)88-61-67-103(68-62-88)130(102-45-10-3-11-46-102)121-58-24-21-55-113(121)115-74-71-110(86-123(115)130)132(124-60-30-34-89-32-18-19-53-111(89)124)107-52-29-40-96(81-107)91-36-27-37-92(78-91)97-65-75-126-118(82-97)116-56-22-25-59-125(116)133(126)104-47-12-4-13-48-104/h1-86H. The first-order valence-corrected chi connectivity index (χ1v) is 46.4. The number of hydrogen-bond donors (Lipinski definition) is 0. The predicted molar refractivity (Wildman–Crippen MR) is 561 cm³/mol. The van der Waals surface area contributed by atoms with Crippen molar-refractivity contribution < 1.29 is 0 Å². The van der Waals surface area contributed by atoms with E-state index in [0.717, 1.165) is 107 Å². The molecule has 134 heavy (non-hydrogen) atoms. The quantitative estimate of drug-likeness (QED) is 0.0903. The fourth-order valence-electron chi connectivity index (χ4n) is 22.6. The lowest BCUT2D eigenvalue weighted by atomic mass is 9.67. The smallest absolute Gasteiger partial charge is 0.0714 e. The Morgan fingerprint density at radius 1 is 0.157 bits per heavy atom. The van der Waals surface area contributed by atoms with Crippen LogP contribution in [-0.4, -0.2) is 9.13 Å². The average molecular weight is 1700 g/mol. The van der Waals surface area contributed by atoms with Crippen molar-refractivity contribution in [3.63, 3.8) is 0 Å². The molecule has 0 aliphatic heterocycles. The third-order valence-corrected chi connectivity index (χ3v) is 28.6. The lowest BCUT2D eigenvalue weighted by Crippen LogP contribution is -2.28. The van der Waals surface area contributed by atoms with Crippen molar-refractivity contribution in [2.24, 2.45) is 0 Å². The molecule has 26 rings (SSSR count). The monoisotopic (exact) mass is 1700 g/mol. The molecule has 0 saturated heterocycles. The van der Waals surface area contributed by atoms with Crippen LogP contribution in [0, 0.1) is 0 Å². The summed E-state index contributed by atoms with van der Waals surface area (Å²) in [7, 11) is 0. The Morgan fingerprint density at radius 2 is 0.507 bits per heavy atom. The van der Waals surface area contributed by atoms with Crippen molar-refractivity contribution >= 4 is 99.3 Å². The van der Waals surface area contributed by atoms with Crippen LogP contribution in [0.15, 0.2) is 522 Å². The SMILES string of the molecule is c1ccc(-n2c3ccccc3c3cc(-c4cccc(-c5cccc(N(c6ccc7c(c6)C(c6ccccc6)(c6ccc(-c8ccc9c%10cc(-c%11cccc(-c%12cccc(N(c%13ccc%14c(c%13)C(c%13ccccc%13)(c%13ccccc%13)c%13ccccc%13-%14)c%13ccc%14ccccc%14c%13)c%12)c%11)ccc%10n(-c%10ccccc%10)c9c8)cc6)c6ccccc6-7)c6cccc7ccccc67)c5)c4)ccc32)cc1. The van der Waals surface area contributed by atoms with E-state index in [0.29, 0.717) is 0 Å². The molecule has 0 spiro atoms. The van der Waals surface area contributed by atoms with Gasteiger partial charge in [-0.1, -0.05) is 382 Å². The van der Waals surface area contributed by atoms with E-state index in [1.165, 1.54) is 126 Å². The third-order valence-electron chi connectivity index (χ3n) is 28.6. The van der Waals surface area contributed by atoms with Crippen molar-refractivity contribution in [1.29, 1.82) is 0 Å². The van der Waals surface area contributed by atoms with Crippen LogP contribution in [0.25, 0.3) is 154 Å². The molecule has 2 aliphatic rings. The minimum absolute atomic E-state index is 0.563. The fraction of sp³-hybridized carbons (Fsp3) is 0.0154. The van der Waals surface area contributed by atoms with Crippen LogP contribution in [0.2, 0.25) is 0 Å². The molecule has 0 bridgehead atoms. The van der Waals surface area contributed by atoms with Crippen LogP contribution in [0.1, 0.15) is 44.5 Å². The van der Waals surface area contributed by atoms with E-state index in [-0.39, 0.29) is 0 Å². The van der Waals surface area contributed by atoms with Gasteiger partial charge in [0.15, 0.2) is 0 Å². The summed E-state index contributed by atoms with van der Waals surface area (Å²) < 4.78 is 4.84. The van der Waals surface area contributed by atoms with Crippen LogP contribution >= 0.6 is 0 Å². The normalized spacial score (nSPS) is 13.5. The molecule has 24 aromatic rings. The first-order chi connectivity index (χ1) is 66.4. The zero-order valence-corrected chi connectivity index (χ0v) is 73.4. The highest BCUT2D eigenvalue weighted by Gasteiger charge is 2.48. The Hall–Kier alpha value is -17.4. The highest BCUT2D eigenvalue weighted by atomic mass is 15.2. The summed E-state index contributed by atoms with van der Waals surface area (Å²) in [6.07, 6.45) is 0. The predicted octanol–water partition coefficient (Wildman–Crippen LogP) is 34.2. The maximum atomic E-state index is 2.51. The van der Waals surface area contributed by atoms with Crippen molar-refractivity contribution in [2.75, 3.05) is 9.80 Å². The van der Waals surface area contributed by atoms with Crippen LogP contribution < -0.4 is 9.80 Å². The van der Waals surface area contributed by atoms with E-state index in [2.05, 4.69) is 541 Å². The molecule has 1 unspecified atom stereocenters. The van der Waals surface area contributed by atoms with Crippen LogP contribution in [0.5, 0.6) is 0 Å². The minimum atomic E-state index is -0.711. The molecular weight excluding hydrogens is 1620 g/mol. The Balaban J connectivity index is 0.557. The highest BCUT2D eigenvalue weighted by Crippen LogP contribution is 2.61. The number of hydrogen-bond acceptors (Lipinski definition) is 2. The maximum Gasteiger partial charge on any atom is 0.0714 e. The molecular formula is C130H86N4. The van der Waals surface area contributed by atoms with Crippen LogP contribution in [-0.2, 0) is 10.8 Å². The van der Waals surface area contributed by atoms with E-state index < -0.39 is 10.8 Å². The molecule has 0 fully saturated rings. The molecule has 1 atom stereocenters. The molecule has 2 aliphatic carbocycles. The van der Waals surface area contributed by atoms with Crippen molar-refractivity contribution in [3.8, 4) is 89.3 Å². The van der Waals surface area contributed by atoms with Gasteiger partial charge < -0.3 is 18.9 Å². The second kappa shape index (κ2) is 31.7. The average Bonchev–Trinajstić information content (AvgIpc) is 1.53. The van der Waals surface area contributed by atoms with E-state index in [4.69, 9.17) is 0 Å². The van der Waals surface area contributed by atoms with Crippen LogP contribution in [0.4, 0.5) is 34.1 Å². The lowest BCUT2D eigenvalue weighted by Gasteiger charge is -2.35. The Labute approximate surface area is 779 Å². The van der Waals surface area contributed by atoms with Gasteiger partial charge in [-0.3, -0.25) is 0 Å². The topological polar surface area (TPSA) is 16.3 Å². The highest BCUT2D eigenvalue weighted by molar-refractivity contribution is 6.13. The number of aromatic nitrogens is 2. The second-order valence-corrected chi connectivity index (χ2v) is 35.7. The summed E-state index contributed by atoms with van der Waals surface area (Å²) >= 11 is 0. The number of para-hydroxylation sites is 3. The number of nitrogens with zero attached hydrogens (tertiary/aromatic N) is 4. The van der Waals surface area contributed by atoms with Gasteiger partial charge >= 0.3 is 0 Å². The fourth-order valence-corrected chi connectivity index (χ4v) is 22.6. The molecule has 0 saturated carbocycles. The molecule has 0 N–H and O–H groups in total. The molecule has 626 valence electrons. The lowest BCUT2D eigenvalue weighted by molar-refractivity contribution is 0.768. The molecule has 2 heterocycles. The zero-order valence-electron chi connectivity index (χ0n) is 73.4. The van der Waals surface area contributed by atoms with Gasteiger partial charge in [-0.25, -0.2) is 0 Å². The zero-order chi connectivity index (χ0) is 88.4. The molecule has 4 nitrogen and oxygen atoms in total. The van der Waals surface area contributed by atoms with E-state index in [1.54, 1.807) is 0 Å². The first-order valence-electron chi connectivity index (χ1n) is 46.4. The number of fused-ring (bicyclic) bond motifs is 14. The van der Waals surface area contributed by atoms with Crippen molar-refractivity contribution in [3.05, 3.63) is 566 Å². The molecule has 0 amide bonds. The Morgan fingerprint density at radius 3 is 1.06 bits per heavy atom. The second-order valence-electron chi connectivity index (χ2n) is 35.7. The summed E-state index contributed by atoms with van der Waals surface area (Å²) in [4.78, 5) is 4.96. The van der Waals surface area contributed by atoms with Gasteiger partial charge in [0, 0.05) is 66.7 Å². The van der Waals surface area contributed by atoms with Gasteiger partial charge in [0.2, 0.25) is 0 Å². The Kier molecular flexibility index (Phi) is 18.4. The summed E-state index contributed by atoms with van der Waals surface area (Å²) in [6, 6.07) is 195. The van der Waals surface area contributed by atoms with Crippen LogP contribution in [0.3, 0.4) is 0 Å². The summed E-state index contributed by atoms with van der Waals surface area (Å²) in [5, 5.41) is 9.58. The summed E-state index contributed by atoms with van der Waals surface area (Å²) in [5.41, 5.74) is 38.5.